The number of rotatable bonds is 9. The molecule has 2 N–H and O–H groups in total. The summed E-state index contributed by atoms with van der Waals surface area (Å²) >= 11 is 1.65. The SMILES string of the molecule is CN=C(NCCCOCc1ccco1)NCc1csc(-c2ccccc2)n1.I. The van der Waals surface area contributed by atoms with Gasteiger partial charge in [-0.1, -0.05) is 30.3 Å². The summed E-state index contributed by atoms with van der Waals surface area (Å²) in [6.45, 7) is 2.59. The highest BCUT2D eigenvalue weighted by molar-refractivity contribution is 14.0. The van der Waals surface area contributed by atoms with E-state index in [2.05, 4.69) is 38.1 Å². The van der Waals surface area contributed by atoms with Gasteiger partial charge in [0, 0.05) is 31.1 Å². The van der Waals surface area contributed by atoms with Gasteiger partial charge in [0.05, 0.1) is 18.5 Å². The first-order chi connectivity index (χ1) is 13.3. The second kappa shape index (κ2) is 12.5. The Bertz CT molecular complexity index is 822. The Morgan fingerprint density at radius 2 is 2.04 bits per heavy atom. The van der Waals surface area contributed by atoms with Crippen molar-refractivity contribution in [3.63, 3.8) is 0 Å². The number of nitrogens with zero attached hydrogens (tertiary/aromatic N) is 2. The van der Waals surface area contributed by atoms with Gasteiger partial charge in [-0.2, -0.15) is 0 Å². The van der Waals surface area contributed by atoms with E-state index in [9.17, 15) is 0 Å². The summed E-state index contributed by atoms with van der Waals surface area (Å²) in [7, 11) is 1.76. The largest absolute Gasteiger partial charge is 0.467 e. The van der Waals surface area contributed by atoms with E-state index < -0.39 is 0 Å². The zero-order chi connectivity index (χ0) is 18.7. The van der Waals surface area contributed by atoms with Crippen LogP contribution in [0.15, 0.2) is 63.5 Å². The topological polar surface area (TPSA) is 71.7 Å². The molecule has 28 heavy (non-hydrogen) atoms. The van der Waals surface area contributed by atoms with Crippen molar-refractivity contribution in [1.82, 2.24) is 15.6 Å². The van der Waals surface area contributed by atoms with Crippen LogP contribution < -0.4 is 10.6 Å². The second-order valence-corrected chi connectivity index (χ2v) is 6.71. The van der Waals surface area contributed by atoms with Crippen LogP contribution in [0.4, 0.5) is 0 Å². The molecule has 0 atom stereocenters. The number of nitrogens with one attached hydrogen (secondary N) is 2. The zero-order valence-corrected chi connectivity index (χ0v) is 18.9. The minimum absolute atomic E-state index is 0. The molecule has 150 valence electrons. The van der Waals surface area contributed by atoms with Crippen LogP contribution in [0.3, 0.4) is 0 Å². The van der Waals surface area contributed by atoms with Gasteiger partial charge in [0.25, 0.3) is 0 Å². The fraction of sp³-hybridized carbons (Fsp3) is 0.300. The average Bonchev–Trinajstić information content (AvgIpc) is 3.39. The van der Waals surface area contributed by atoms with Crippen molar-refractivity contribution in [3.8, 4) is 10.6 Å². The van der Waals surface area contributed by atoms with Crippen LogP contribution >= 0.6 is 35.3 Å². The molecule has 0 saturated heterocycles. The Kier molecular flexibility index (Phi) is 10.0. The van der Waals surface area contributed by atoms with Gasteiger partial charge in [-0.3, -0.25) is 4.99 Å². The molecule has 0 saturated carbocycles. The summed E-state index contributed by atoms with van der Waals surface area (Å²) in [5.74, 6) is 1.61. The number of guanidine groups is 1. The molecule has 0 fully saturated rings. The standard InChI is InChI=1S/C20H24N4O2S.HI/c1-21-20(22-10-6-11-25-14-18-9-5-12-26-18)23-13-17-15-27-19(24-17)16-7-3-2-4-8-16;/h2-5,7-9,12,15H,6,10-11,13-14H2,1H3,(H2,21,22,23);1H. The van der Waals surface area contributed by atoms with Gasteiger partial charge in [0.1, 0.15) is 17.4 Å². The molecule has 3 rings (SSSR count). The minimum Gasteiger partial charge on any atom is -0.467 e. The summed E-state index contributed by atoms with van der Waals surface area (Å²) in [6.07, 6.45) is 2.54. The summed E-state index contributed by atoms with van der Waals surface area (Å²) < 4.78 is 10.8. The Hall–Kier alpha value is -1.91. The van der Waals surface area contributed by atoms with Crippen molar-refractivity contribution in [2.45, 2.75) is 19.6 Å². The number of halogens is 1. The summed E-state index contributed by atoms with van der Waals surface area (Å²) in [5, 5.41) is 9.68. The Balaban J connectivity index is 0.00000280. The molecule has 1 aromatic carbocycles. The first kappa shape index (κ1) is 22.4. The smallest absolute Gasteiger partial charge is 0.191 e. The first-order valence-corrected chi connectivity index (χ1v) is 9.77. The molecule has 0 radical (unpaired) electrons. The maximum absolute atomic E-state index is 5.56. The van der Waals surface area contributed by atoms with Crippen molar-refractivity contribution in [3.05, 3.63) is 65.6 Å². The lowest BCUT2D eigenvalue weighted by molar-refractivity contribution is 0.105. The molecule has 8 heteroatoms. The molecule has 0 aliphatic carbocycles. The lowest BCUT2D eigenvalue weighted by atomic mass is 10.2. The molecule has 0 bridgehead atoms. The predicted octanol–water partition coefficient (Wildman–Crippen LogP) is 4.29. The van der Waals surface area contributed by atoms with Crippen LogP contribution in [0.1, 0.15) is 17.9 Å². The van der Waals surface area contributed by atoms with E-state index in [0.717, 1.165) is 41.0 Å². The molecule has 3 aromatic rings. The van der Waals surface area contributed by atoms with E-state index in [1.54, 1.807) is 24.6 Å². The molecule has 0 spiro atoms. The molecule has 0 aliphatic heterocycles. The number of hydrogen-bond donors (Lipinski definition) is 2. The average molecular weight is 512 g/mol. The Morgan fingerprint density at radius 3 is 2.79 bits per heavy atom. The minimum atomic E-state index is 0. The lowest BCUT2D eigenvalue weighted by Gasteiger charge is -2.11. The van der Waals surface area contributed by atoms with Crippen LogP contribution in [0.2, 0.25) is 0 Å². The van der Waals surface area contributed by atoms with Crippen molar-refractivity contribution >= 4 is 41.3 Å². The van der Waals surface area contributed by atoms with Gasteiger partial charge < -0.3 is 19.8 Å². The maximum Gasteiger partial charge on any atom is 0.191 e. The second-order valence-electron chi connectivity index (χ2n) is 5.85. The molecule has 6 nitrogen and oxygen atoms in total. The molecule has 0 amide bonds. The van der Waals surface area contributed by atoms with E-state index >= 15 is 0 Å². The third kappa shape index (κ3) is 7.25. The van der Waals surface area contributed by atoms with Crippen molar-refractivity contribution in [1.29, 1.82) is 0 Å². The molecular formula is C20H25IN4O2S. The zero-order valence-electron chi connectivity index (χ0n) is 15.8. The van der Waals surface area contributed by atoms with Crippen molar-refractivity contribution < 1.29 is 9.15 Å². The van der Waals surface area contributed by atoms with E-state index in [1.807, 2.05) is 30.3 Å². The van der Waals surface area contributed by atoms with Gasteiger partial charge in [-0.25, -0.2) is 4.98 Å². The maximum atomic E-state index is 5.56. The number of aliphatic imine (C=N–C) groups is 1. The number of hydrogen-bond acceptors (Lipinski definition) is 5. The third-order valence-electron chi connectivity index (χ3n) is 3.82. The highest BCUT2D eigenvalue weighted by Crippen LogP contribution is 2.23. The fourth-order valence-corrected chi connectivity index (χ4v) is 3.27. The van der Waals surface area contributed by atoms with Gasteiger partial charge in [-0.05, 0) is 18.6 Å². The summed E-state index contributed by atoms with van der Waals surface area (Å²) in [5.41, 5.74) is 2.15. The van der Waals surface area contributed by atoms with Crippen LogP contribution in [0.25, 0.3) is 10.6 Å². The number of thiazole rings is 1. The van der Waals surface area contributed by atoms with Crippen LogP contribution in [0, 0.1) is 0 Å². The van der Waals surface area contributed by atoms with E-state index in [0.29, 0.717) is 19.8 Å². The number of furan rings is 1. The van der Waals surface area contributed by atoms with E-state index in [1.165, 1.54) is 0 Å². The van der Waals surface area contributed by atoms with Crippen molar-refractivity contribution in [2.24, 2.45) is 4.99 Å². The normalized spacial score (nSPS) is 11.1. The quantitative estimate of drug-likeness (QED) is 0.194. The van der Waals surface area contributed by atoms with Gasteiger partial charge in [0.2, 0.25) is 0 Å². The van der Waals surface area contributed by atoms with Crippen LogP contribution in [-0.4, -0.2) is 31.1 Å². The lowest BCUT2D eigenvalue weighted by Crippen LogP contribution is -2.37. The van der Waals surface area contributed by atoms with Crippen molar-refractivity contribution in [2.75, 3.05) is 20.2 Å². The summed E-state index contributed by atoms with van der Waals surface area (Å²) in [4.78, 5) is 8.92. The first-order valence-electron chi connectivity index (χ1n) is 8.89. The number of benzene rings is 1. The molecule has 2 heterocycles. The molecule has 0 aliphatic rings. The van der Waals surface area contributed by atoms with Gasteiger partial charge in [0.15, 0.2) is 5.96 Å². The third-order valence-corrected chi connectivity index (χ3v) is 4.76. The number of ether oxygens (including phenoxy) is 1. The fourth-order valence-electron chi connectivity index (χ4n) is 2.44. The molecule has 2 aromatic heterocycles. The van der Waals surface area contributed by atoms with E-state index in [-0.39, 0.29) is 24.0 Å². The van der Waals surface area contributed by atoms with Crippen LogP contribution in [-0.2, 0) is 17.9 Å². The molecule has 0 unspecified atom stereocenters. The summed E-state index contributed by atoms with van der Waals surface area (Å²) in [6, 6.07) is 14.0. The number of aromatic nitrogens is 1. The van der Waals surface area contributed by atoms with E-state index in [4.69, 9.17) is 9.15 Å². The van der Waals surface area contributed by atoms with Gasteiger partial charge in [-0.15, -0.1) is 35.3 Å². The highest BCUT2D eigenvalue weighted by atomic mass is 127. The molecular weight excluding hydrogens is 487 g/mol. The van der Waals surface area contributed by atoms with Gasteiger partial charge >= 0.3 is 0 Å². The van der Waals surface area contributed by atoms with Crippen LogP contribution in [0.5, 0.6) is 0 Å². The highest BCUT2D eigenvalue weighted by Gasteiger charge is 2.05. The Morgan fingerprint density at radius 1 is 1.18 bits per heavy atom. The predicted molar refractivity (Wildman–Crippen MR) is 124 cm³/mol. The Labute approximate surface area is 186 Å². The monoisotopic (exact) mass is 512 g/mol.